The lowest BCUT2D eigenvalue weighted by Gasteiger charge is -2.23. The number of carbonyl (C=O) groups excluding carboxylic acids is 1. The van der Waals surface area contributed by atoms with E-state index >= 15 is 0 Å². The second-order valence-corrected chi connectivity index (χ2v) is 8.16. The lowest BCUT2D eigenvalue weighted by atomic mass is 10.2. The molecule has 0 radical (unpaired) electrons. The minimum atomic E-state index is -0.0971. The fourth-order valence-corrected chi connectivity index (χ4v) is 4.38. The van der Waals surface area contributed by atoms with Crippen molar-refractivity contribution < 1.29 is 9.53 Å². The second-order valence-electron chi connectivity index (χ2n) is 7.13. The molecule has 142 valence electrons. The van der Waals surface area contributed by atoms with Crippen LogP contribution >= 0.6 is 11.3 Å². The van der Waals surface area contributed by atoms with Crippen LogP contribution in [-0.2, 0) is 4.74 Å². The van der Waals surface area contributed by atoms with E-state index in [-0.39, 0.29) is 12.0 Å². The number of ketones is 1. The summed E-state index contributed by atoms with van der Waals surface area (Å²) in [7, 11) is 0. The van der Waals surface area contributed by atoms with Crippen molar-refractivity contribution in [2.45, 2.75) is 32.4 Å². The van der Waals surface area contributed by atoms with Gasteiger partial charge in [0, 0.05) is 43.2 Å². The van der Waals surface area contributed by atoms with Gasteiger partial charge >= 0.3 is 0 Å². The van der Waals surface area contributed by atoms with E-state index in [0.29, 0.717) is 10.6 Å². The minimum absolute atomic E-state index is 0.0971. The first-order valence-electron chi connectivity index (χ1n) is 9.43. The molecule has 0 N–H and O–H groups in total. The van der Waals surface area contributed by atoms with Crippen LogP contribution in [0.1, 0.15) is 46.4 Å². The van der Waals surface area contributed by atoms with Gasteiger partial charge in [0.2, 0.25) is 5.78 Å². The van der Waals surface area contributed by atoms with Gasteiger partial charge in [0.15, 0.2) is 0 Å². The smallest absolute Gasteiger partial charge is 0.224 e. The maximum Gasteiger partial charge on any atom is 0.224 e. The first-order chi connectivity index (χ1) is 13.7. The van der Waals surface area contributed by atoms with Crippen molar-refractivity contribution in [3.63, 3.8) is 0 Å². The largest absolute Gasteiger partial charge is 0.358 e. The molecular formula is C21H20N4O2S. The summed E-state index contributed by atoms with van der Waals surface area (Å²) in [6.45, 7) is 2.83. The van der Waals surface area contributed by atoms with Crippen LogP contribution in [0.15, 0.2) is 49.2 Å². The maximum absolute atomic E-state index is 12.9. The summed E-state index contributed by atoms with van der Waals surface area (Å²) in [4.78, 5) is 22.4. The van der Waals surface area contributed by atoms with Gasteiger partial charge in [0.1, 0.15) is 22.6 Å². The number of fused-ring (bicyclic) bond motifs is 1. The van der Waals surface area contributed by atoms with Crippen molar-refractivity contribution in [1.29, 1.82) is 0 Å². The molecule has 0 amide bonds. The van der Waals surface area contributed by atoms with Crippen LogP contribution in [0.3, 0.4) is 0 Å². The van der Waals surface area contributed by atoms with Gasteiger partial charge in [-0.3, -0.25) is 4.79 Å². The number of hydrogen-bond acceptors (Lipinski definition) is 5. The first-order valence-corrected chi connectivity index (χ1v) is 10.2. The van der Waals surface area contributed by atoms with E-state index in [1.165, 1.54) is 17.8 Å². The zero-order chi connectivity index (χ0) is 19.1. The van der Waals surface area contributed by atoms with E-state index < -0.39 is 0 Å². The van der Waals surface area contributed by atoms with Crippen molar-refractivity contribution in [2.24, 2.45) is 0 Å². The number of thiazole rings is 1. The molecule has 0 aliphatic carbocycles. The highest BCUT2D eigenvalue weighted by Crippen LogP contribution is 2.30. The number of pyridine rings is 1. The molecule has 7 heteroatoms. The molecule has 1 aliphatic heterocycles. The van der Waals surface area contributed by atoms with Crippen LogP contribution in [-0.4, -0.2) is 31.3 Å². The highest BCUT2D eigenvalue weighted by atomic mass is 32.1. The van der Waals surface area contributed by atoms with Gasteiger partial charge in [0.25, 0.3) is 0 Å². The Morgan fingerprint density at radius 1 is 1.21 bits per heavy atom. The maximum atomic E-state index is 12.9. The van der Waals surface area contributed by atoms with Crippen LogP contribution in [0.2, 0.25) is 0 Å². The van der Waals surface area contributed by atoms with Gasteiger partial charge in [-0.25, -0.2) is 9.97 Å². The van der Waals surface area contributed by atoms with Gasteiger partial charge in [0.05, 0.1) is 4.88 Å². The summed E-state index contributed by atoms with van der Waals surface area (Å²) in [6, 6.07) is 5.93. The number of rotatable bonds is 4. The molecule has 0 bridgehead atoms. The Bertz CT molecular complexity index is 1150. The number of ether oxygens (including phenoxy) is 1. The molecule has 1 atom stereocenters. The van der Waals surface area contributed by atoms with Gasteiger partial charge in [-0.1, -0.05) is 6.07 Å². The highest BCUT2D eigenvalue weighted by Gasteiger charge is 2.19. The highest BCUT2D eigenvalue weighted by molar-refractivity contribution is 7.17. The van der Waals surface area contributed by atoms with E-state index in [1.807, 2.05) is 41.9 Å². The average Bonchev–Trinajstić information content (AvgIpc) is 3.46. The van der Waals surface area contributed by atoms with Crippen molar-refractivity contribution in [3.05, 3.63) is 65.3 Å². The van der Waals surface area contributed by atoms with E-state index in [0.717, 1.165) is 41.2 Å². The Morgan fingerprint density at radius 3 is 3.00 bits per heavy atom. The molecule has 28 heavy (non-hydrogen) atoms. The van der Waals surface area contributed by atoms with Crippen LogP contribution in [0, 0.1) is 6.92 Å². The zero-order valence-electron chi connectivity index (χ0n) is 15.5. The molecule has 0 saturated carbocycles. The summed E-state index contributed by atoms with van der Waals surface area (Å²) < 4.78 is 9.82. The molecule has 1 saturated heterocycles. The molecule has 6 nitrogen and oxygen atoms in total. The molecular weight excluding hydrogens is 372 g/mol. The van der Waals surface area contributed by atoms with Gasteiger partial charge in [-0.2, -0.15) is 0 Å². The molecule has 4 aromatic heterocycles. The molecule has 5 rings (SSSR count). The quantitative estimate of drug-likeness (QED) is 0.480. The monoisotopic (exact) mass is 392 g/mol. The topological polar surface area (TPSA) is 61.4 Å². The molecule has 5 heterocycles. The van der Waals surface area contributed by atoms with Gasteiger partial charge in [-0.15, -0.1) is 11.3 Å². The van der Waals surface area contributed by atoms with Crippen molar-refractivity contribution >= 4 is 22.8 Å². The van der Waals surface area contributed by atoms with Crippen molar-refractivity contribution in [2.75, 3.05) is 6.61 Å². The van der Waals surface area contributed by atoms with E-state index in [2.05, 4.69) is 20.7 Å². The van der Waals surface area contributed by atoms with E-state index in [9.17, 15) is 4.79 Å². The van der Waals surface area contributed by atoms with Gasteiger partial charge < -0.3 is 13.7 Å². The fourth-order valence-electron chi connectivity index (χ4n) is 3.53. The number of hydrogen-bond donors (Lipinski definition) is 0. The summed E-state index contributed by atoms with van der Waals surface area (Å²) in [5, 5.41) is 0.831. The lowest BCUT2D eigenvalue weighted by Crippen LogP contribution is -2.16. The molecule has 4 aromatic rings. The zero-order valence-corrected chi connectivity index (χ0v) is 16.4. The van der Waals surface area contributed by atoms with E-state index in [4.69, 9.17) is 4.74 Å². The van der Waals surface area contributed by atoms with E-state index in [1.54, 1.807) is 12.4 Å². The number of carbonyl (C=O) groups is 1. The minimum Gasteiger partial charge on any atom is -0.358 e. The molecule has 1 aliphatic rings. The Balaban J connectivity index is 1.39. The second kappa shape index (κ2) is 7.00. The Hall–Kier alpha value is -2.77. The van der Waals surface area contributed by atoms with Crippen molar-refractivity contribution in [1.82, 2.24) is 18.9 Å². The summed E-state index contributed by atoms with van der Waals surface area (Å²) in [5.41, 5.74) is 3.33. The third kappa shape index (κ3) is 3.16. The lowest BCUT2D eigenvalue weighted by molar-refractivity contribution is -0.0317. The van der Waals surface area contributed by atoms with Crippen molar-refractivity contribution in [3.8, 4) is 10.6 Å². The third-order valence-electron chi connectivity index (χ3n) is 5.01. The summed E-state index contributed by atoms with van der Waals surface area (Å²) in [6.07, 6.45) is 12.9. The Morgan fingerprint density at radius 2 is 2.14 bits per heavy atom. The number of aromatic nitrogens is 4. The molecule has 1 unspecified atom stereocenters. The average molecular weight is 392 g/mol. The predicted molar refractivity (Wildman–Crippen MR) is 108 cm³/mol. The normalized spacial score (nSPS) is 17.2. The van der Waals surface area contributed by atoms with Gasteiger partial charge in [-0.05, 0) is 43.9 Å². The van der Waals surface area contributed by atoms with Crippen LogP contribution in [0.5, 0.6) is 0 Å². The number of nitrogens with zero attached hydrogens (tertiary/aromatic N) is 4. The SMILES string of the molecule is Cc1ccc2nc(C(=O)c3cnc(-c4ccn(C5CCCCO5)c4)s3)cn2c1. The molecule has 0 aromatic carbocycles. The standard InChI is InChI=1S/C21H20N4O2S/c1-14-5-6-18-23-16(13-25(18)11-14)20(26)17-10-22-21(28-17)15-7-8-24(12-15)19-4-2-3-9-27-19/h5-8,10-13,19H,2-4,9H2,1H3. The number of imidazole rings is 1. The summed E-state index contributed by atoms with van der Waals surface area (Å²) in [5.74, 6) is -0.0971. The van der Waals surface area contributed by atoms with Crippen LogP contribution in [0.25, 0.3) is 16.2 Å². The first kappa shape index (κ1) is 17.3. The van der Waals surface area contributed by atoms with Crippen LogP contribution in [0.4, 0.5) is 0 Å². The molecule has 1 fully saturated rings. The molecule has 0 spiro atoms. The third-order valence-corrected chi connectivity index (χ3v) is 6.06. The predicted octanol–water partition coefficient (Wildman–Crippen LogP) is 4.50. The Kier molecular flexibility index (Phi) is 4.33. The number of aryl methyl sites for hydroxylation is 1. The Labute approximate surface area is 166 Å². The van der Waals surface area contributed by atoms with Crippen LogP contribution < -0.4 is 0 Å². The fraction of sp³-hybridized carbons (Fsp3) is 0.286. The summed E-state index contributed by atoms with van der Waals surface area (Å²) >= 11 is 1.40.